The van der Waals surface area contributed by atoms with E-state index >= 15 is 0 Å². The van der Waals surface area contributed by atoms with Crippen molar-refractivity contribution in [2.75, 3.05) is 36.5 Å². The van der Waals surface area contributed by atoms with Gasteiger partial charge in [0.25, 0.3) is 0 Å². The lowest BCUT2D eigenvalue weighted by molar-refractivity contribution is 0.122. The van der Waals surface area contributed by atoms with Crippen LogP contribution in [0.4, 0.5) is 17.3 Å². The zero-order valence-corrected chi connectivity index (χ0v) is 16.0. The van der Waals surface area contributed by atoms with Crippen molar-refractivity contribution in [2.24, 2.45) is 0 Å². The molecule has 1 N–H and O–H groups in total. The van der Waals surface area contributed by atoms with Gasteiger partial charge in [0, 0.05) is 29.4 Å². The number of thiophene rings is 1. The number of rotatable bonds is 4. The molecule has 0 radical (unpaired) electrons. The van der Waals surface area contributed by atoms with E-state index in [2.05, 4.69) is 20.6 Å². The maximum Gasteiger partial charge on any atom is 0.163 e. The summed E-state index contributed by atoms with van der Waals surface area (Å²) in [5.41, 5.74) is 2.84. The van der Waals surface area contributed by atoms with Gasteiger partial charge in [0.05, 0.1) is 30.6 Å². The van der Waals surface area contributed by atoms with Crippen LogP contribution in [-0.2, 0) is 4.74 Å². The number of nitrogens with one attached hydrogen (secondary N) is 1. The molecule has 1 fully saturated rings. The molecule has 1 aliphatic rings. The van der Waals surface area contributed by atoms with Gasteiger partial charge < -0.3 is 15.0 Å². The zero-order valence-electron chi connectivity index (χ0n) is 15.2. The average molecular weight is 389 g/mol. The fourth-order valence-corrected chi connectivity index (χ4v) is 3.90. The Morgan fingerprint density at radius 3 is 2.68 bits per heavy atom. The second kappa shape index (κ2) is 7.53. The highest BCUT2D eigenvalue weighted by molar-refractivity contribution is 7.08. The Kier molecular flexibility index (Phi) is 4.60. The van der Waals surface area contributed by atoms with Gasteiger partial charge in [-0.25, -0.2) is 15.0 Å². The van der Waals surface area contributed by atoms with Crippen molar-refractivity contribution in [3.05, 3.63) is 59.4 Å². The third kappa shape index (κ3) is 3.42. The molecule has 28 heavy (non-hydrogen) atoms. The molecule has 7 heteroatoms. The molecule has 0 amide bonds. The summed E-state index contributed by atoms with van der Waals surface area (Å²) >= 11 is 1.64. The van der Waals surface area contributed by atoms with Gasteiger partial charge in [-0.15, -0.1) is 0 Å². The van der Waals surface area contributed by atoms with Gasteiger partial charge in [0.2, 0.25) is 0 Å². The summed E-state index contributed by atoms with van der Waals surface area (Å²) in [5.74, 6) is 2.48. The maximum absolute atomic E-state index is 5.41. The number of benzene rings is 1. The van der Waals surface area contributed by atoms with Crippen LogP contribution < -0.4 is 10.2 Å². The van der Waals surface area contributed by atoms with Crippen molar-refractivity contribution >= 4 is 39.6 Å². The van der Waals surface area contributed by atoms with Crippen molar-refractivity contribution in [1.29, 1.82) is 0 Å². The van der Waals surface area contributed by atoms with Gasteiger partial charge in [-0.2, -0.15) is 11.3 Å². The monoisotopic (exact) mass is 389 g/mol. The van der Waals surface area contributed by atoms with E-state index in [4.69, 9.17) is 14.7 Å². The van der Waals surface area contributed by atoms with E-state index in [1.165, 1.54) is 0 Å². The molecule has 0 atom stereocenters. The minimum absolute atomic E-state index is 0.723. The summed E-state index contributed by atoms with van der Waals surface area (Å²) in [6.45, 7) is 3.25. The molecule has 1 saturated heterocycles. The lowest BCUT2D eigenvalue weighted by Crippen LogP contribution is -2.36. The number of hydrogen-bond donors (Lipinski definition) is 1. The Balaban J connectivity index is 1.47. The van der Waals surface area contributed by atoms with Crippen LogP contribution in [0.15, 0.2) is 59.4 Å². The maximum atomic E-state index is 5.41. The third-order valence-corrected chi connectivity index (χ3v) is 5.41. The van der Waals surface area contributed by atoms with E-state index in [-0.39, 0.29) is 0 Å². The lowest BCUT2D eigenvalue weighted by Gasteiger charge is -2.27. The number of para-hydroxylation sites is 1. The summed E-state index contributed by atoms with van der Waals surface area (Å²) in [7, 11) is 0. The highest BCUT2D eigenvalue weighted by Crippen LogP contribution is 2.28. The van der Waals surface area contributed by atoms with Crippen molar-refractivity contribution in [2.45, 2.75) is 0 Å². The van der Waals surface area contributed by atoms with Crippen LogP contribution in [0.5, 0.6) is 0 Å². The van der Waals surface area contributed by atoms with Gasteiger partial charge in [-0.05, 0) is 35.7 Å². The summed E-state index contributed by atoms with van der Waals surface area (Å²) in [6, 6.07) is 14.2. The molecule has 0 unspecified atom stereocenters. The smallest absolute Gasteiger partial charge is 0.163 e. The van der Waals surface area contributed by atoms with Gasteiger partial charge in [-0.3, -0.25) is 0 Å². The van der Waals surface area contributed by atoms with Gasteiger partial charge in [0.1, 0.15) is 11.6 Å². The van der Waals surface area contributed by atoms with E-state index in [0.717, 1.165) is 65.9 Å². The van der Waals surface area contributed by atoms with Gasteiger partial charge in [-0.1, -0.05) is 12.1 Å². The Hall–Kier alpha value is -3.03. The predicted molar refractivity (Wildman–Crippen MR) is 113 cm³/mol. The fourth-order valence-electron chi connectivity index (χ4n) is 3.27. The van der Waals surface area contributed by atoms with E-state index in [9.17, 15) is 0 Å². The molecule has 0 aliphatic carbocycles. The van der Waals surface area contributed by atoms with E-state index in [0.29, 0.717) is 0 Å². The number of pyridine rings is 1. The minimum atomic E-state index is 0.723. The number of hydrogen-bond acceptors (Lipinski definition) is 7. The lowest BCUT2D eigenvalue weighted by atomic mass is 10.2. The Morgan fingerprint density at radius 2 is 1.89 bits per heavy atom. The average Bonchev–Trinajstić information content (AvgIpc) is 3.30. The van der Waals surface area contributed by atoms with Crippen LogP contribution in [0, 0.1) is 0 Å². The highest BCUT2D eigenvalue weighted by atomic mass is 32.1. The second-order valence-corrected chi connectivity index (χ2v) is 7.33. The van der Waals surface area contributed by atoms with Crippen LogP contribution in [0.25, 0.3) is 22.3 Å². The molecule has 4 aromatic rings. The molecule has 5 rings (SSSR count). The summed E-state index contributed by atoms with van der Waals surface area (Å²) in [5, 5.41) is 8.51. The molecule has 1 aromatic carbocycles. The van der Waals surface area contributed by atoms with Crippen LogP contribution in [-0.4, -0.2) is 41.3 Å². The summed E-state index contributed by atoms with van der Waals surface area (Å²) < 4.78 is 5.41. The normalized spacial score (nSPS) is 14.4. The molecular weight excluding hydrogens is 370 g/mol. The molecule has 1 aliphatic heterocycles. The predicted octanol–water partition coefficient (Wildman–Crippen LogP) is 4.33. The van der Waals surface area contributed by atoms with Gasteiger partial charge >= 0.3 is 0 Å². The molecule has 0 bridgehead atoms. The van der Waals surface area contributed by atoms with Crippen molar-refractivity contribution < 1.29 is 4.74 Å². The van der Waals surface area contributed by atoms with E-state index in [1.807, 2.05) is 54.0 Å². The van der Waals surface area contributed by atoms with Crippen LogP contribution in [0.1, 0.15) is 0 Å². The molecule has 140 valence electrons. The Labute approximate surface area is 166 Å². The van der Waals surface area contributed by atoms with Crippen LogP contribution in [0.3, 0.4) is 0 Å². The first kappa shape index (κ1) is 17.1. The van der Waals surface area contributed by atoms with E-state index < -0.39 is 0 Å². The summed E-state index contributed by atoms with van der Waals surface area (Å²) in [6.07, 6.45) is 1.85. The van der Waals surface area contributed by atoms with Crippen LogP contribution >= 0.6 is 11.3 Å². The number of nitrogens with zero attached hydrogens (tertiary/aromatic N) is 4. The molecule has 0 saturated carbocycles. The first-order chi connectivity index (χ1) is 13.9. The Morgan fingerprint density at radius 1 is 1.00 bits per heavy atom. The number of aromatic nitrogens is 3. The summed E-state index contributed by atoms with van der Waals surface area (Å²) in [4.78, 5) is 16.4. The van der Waals surface area contributed by atoms with Crippen molar-refractivity contribution in [3.8, 4) is 11.4 Å². The van der Waals surface area contributed by atoms with Crippen LogP contribution in [0.2, 0.25) is 0 Å². The first-order valence-electron chi connectivity index (χ1n) is 9.22. The molecule has 3 aromatic heterocycles. The fraction of sp³-hybridized carbons (Fsp3) is 0.190. The third-order valence-electron chi connectivity index (χ3n) is 4.73. The Bertz CT molecular complexity index is 1080. The quantitative estimate of drug-likeness (QED) is 0.560. The second-order valence-electron chi connectivity index (χ2n) is 6.55. The molecule has 0 spiro atoms. The molecule has 4 heterocycles. The van der Waals surface area contributed by atoms with E-state index in [1.54, 1.807) is 11.3 Å². The minimum Gasteiger partial charge on any atom is -0.378 e. The standard InChI is InChI=1S/C21H19N5OS/c1-2-4-18-17(3-1)21(25-20(24-18)15-7-12-28-14-15)23-16-5-6-19(22-13-16)26-8-10-27-11-9-26/h1-7,12-14H,8-11H2,(H,23,24,25). The van der Waals surface area contributed by atoms with Crippen molar-refractivity contribution in [3.63, 3.8) is 0 Å². The molecular formula is C21H19N5OS. The topological polar surface area (TPSA) is 63.2 Å². The molecule has 6 nitrogen and oxygen atoms in total. The largest absolute Gasteiger partial charge is 0.378 e. The number of ether oxygens (including phenoxy) is 1. The zero-order chi connectivity index (χ0) is 18.8. The van der Waals surface area contributed by atoms with Crippen molar-refractivity contribution in [1.82, 2.24) is 15.0 Å². The number of morpholine rings is 1. The number of fused-ring (bicyclic) bond motifs is 1. The first-order valence-corrected chi connectivity index (χ1v) is 10.2. The SMILES string of the molecule is c1ccc2c(Nc3ccc(N4CCOCC4)nc3)nc(-c3ccsc3)nc2c1. The highest BCUT2D eigenvalue weighted by Gasteiger charge is 2.13. The number of anilines is 3. The van der Waals surface area contributed by atoms with Gasteiger partial charge in [0.15, 0.2) is 5.82 Å².